The van der Waals surface area contributed by atoms with E-state index in [-0.39, 0.29) is 0 Å². The minimum absolute atomic E-state index is 0.542. The highest BCUT2D eigenvalue weighted by atomic mass is 79.9. The molecule has 2 aromatic carbocycles. The summed E-state index contributed by atoms with van der Waals surface area (Å²) >= 11 is 13.4. The van der Waals surface area contributed by atoms with Gasteiger partial charge in [0.1, 0.15) is 0 Å². The third kappa shape index (κ3) is 4.67. The predicted octanol–water partition coefficient (Wildman–Crippen LogP) is 2.83. The molecule has 21 heavy (non-hydrogen) atoms. The van der Waals surface area contributed by atoms with E-state index in [2.05, 4.69) is 63.7 Å². The van der Waals surface area contributed by atoms with Gasteiger partial charge < -0.3 is 14.6 Å². The summed E-state index contributed by atoms with van der Waals surface area (Å²) in [5, 5.41) is 20.1. The Morgan fingerprint density at radius 1 is 0.667 bits per heavy atom. The number of benzene rings is 2. The Balaban J connectivity index is 2.12. The van der Waals surface area contributed by atoms with E-state index in [1.54, 1.807) is 36.4 Å². The third-order valence-electron chi connectivity index (χ3n) is 2.72. The van der Waals surface area contributed by atoms with Gasteiger partial charge in [0.2, 0.25) is 0 Å². The molecule has 9 heteroatoms. The Bertz CT molecular complexity index is 601. The minimum atomic E-state index is -1.23. The molecule has 0 aliphatic heterocycles. The molecule has 0 atom stereocenters. The quantitative estimate of drug-likeness (QED) is 0.586. The van der Waals surface area contributed by atoms with Crippen LogP contribution in [0.5, 0.6) is 0 Å². The molecule has 0 aromatic heterocycles. The Morgan fingerprint density at radius 2 is 1.05 bits per heavy atom. The highest BCUT2D eigenvalue weighted by molar-refractivity contribution is 9.13. The standard InChI is InChI=1S/C12H8B2Br4O3/c15-9-3-1-7(5-11(9)17)13(19)21-14(20)8-2-4-10(16)12(18)6-8/h1-6,19-20H. The van der Waals surface area contributed by atoms with Crippen molar-refractivity contribution in [2.24, 2.45) is 0 Å². The zero-order chi connectivity index (χ0) is 15.6. The van der Waals surface area contributed by atoms with Crippen LogP contribution >= 0.6 is 63.7 Å². The van der Waals surface area contributed by atoms with E-state index in [0.717, 1.165) is 17.9 Å². The Labute approximate surface area is 156 Å². The summed E-state index contributed by atoms with van der Waals surface area (Å²) in [6, 6.07) is 10.4. The second kappa shape index (κ2) is 7.77. The molecule has 0 unspecified atom stereocenters. The Hall–Kier alpha value is 0.370. The van der Waals surface area contributed by atoms with Gasteiger partial charge in [-0.2, -0.15) is 0 Å². The smallest absolute Gasteiger partial charge is 0.443 e. The summed E-state index contributed by atoms with van der Waals surface area (Å²) in [6.45, 7) is 0. The maximum Gasteiger partial charge on any atom is 0.477 e. The van der Waals surface area contributed by atoms with Crippen LogP contribution in [0.2, 0.25) is 0 Å². The van der Waals surface area contributed by atoms with Crippen molar-refractivity contribution in [2.45, 2.75) is 0 Å². The Kier molecular flexibility index (Phi) is 6.55. The first-order valence-corrected chi connectivity index (χ1v) is 8.97. The van der Waals surface area contributed by atoms with E-state index in [4.69, 9.17) is 4.57 Å². The average molecular weight is 541 g/mol. The normalized spacial score (nSPS) is 10.6. The van der Waals surface area contributed by atoms with Crippen LogP contribution in [0.4, 0.5) is 0 Å². The fourth-order valence-electron chi connectivity index (χ4n) is 1.61. The van der Waals surface area contributed by atoms with Crippen molar-refractivity contribution < 1.29 is 14.6 Å². The summed E-state index contributed by atoms with van der Waals surface area (Å²) in [5.74, 6) is 0. The fraction of sp³-hybridized carbons (Fsp3) is 0. The van der Waals surface area contributed by atoms with Crippen molar-refractivity contribution in [1.29, 1.82) is 0 Å². The van der Waals surface area contributed by atoms with Crippen LogP contribution in [-0.4, -0.2) is 24.3 Å². The van der Waals surface area contributed by atoms with Crippen LogP contribution in [0.15, 0.2) is 54.3 Å². The van der Waals surface area contributed by atoms with Crippen LogP contribution in [0.3, 0.4) is 0 Å². The van der Waals surface area contributed by atoms with Gasteiger partial charge in [0.25, 0.3) is 0 Å². The first kappa shape index (κ1) is 17.7. The molecular formula is C12H8B2Br4O3. The van der Waals surface area contributed by atoms with Gasteiger partial charge in [-0.25, -0.2) is 0 Å². The maximum absolute atomic E-state index is 10.1. The molecule has 2 aromatic rings. The minimum Gasteiger partial charge on any atom is -0.443 e. The molecular weight excluding hydrogens is 533 g/mol. The van der Waals surface area contributed by atoms with Crippen LogP contribution in [-0.2, 0) is 4.57 Å². The zero-order valence-electron chi connectivity index (χ0n) is 10.4. The summed E-state index contributed by atoms with van der Waals surface area (Å²) < 4.78 is 8.58. The second-order valence-electron chi connectivity index (χ2n) is 4.19. The highest BCUT2D eigenvalue weighted by Gasteiger charge is 2.26. The average Bonchev–Trinajstić information content (AvgIpc) is 2.44. The van der Waals surface area contributed by atoms with E-state index < -0.39 is 14.2 Å². The molecule has 0 fully saturated rings. The molecule has 108 valence electrons. The maximum atomic E-state index is 10.1. The molecule has 2 rings (SSSR count). The van der Waals surface area contributed by atoms with Crippen molar-refractivity contribution in [2.75, 3.05) is 0 Å². The second-order valence-corrected chi connectivity index (χ2v) is 7.61. The lowest BCUT2D eigenvalue weighted by Gasteiger charge is -2.13. The van der Waals surface area contributed by atoms with E-state index in [0.29, 0.717) is 10.9 Å². The first-order chi connectivity index (χ1) is 9.88. The zero-order valence-corrected chi connectivity index (χ0v) is 16.8. The van der Waals surface area contributed by atoms with Crippen molar-refractivity contribution in [3.05, 3.63) is 54.3 Å². The SMILES string of the molecule is OB(OB(O)c1ccc(Br)c(Br)c1)c1ccc(Br)c(Br)c1. The molecule has 0 amide bonds. The van der Waals surface area contributed by atoms with Gasteiger partial charge in [0, 0.05) is 17.9 Å². The van der Waals surface area contributed by atoms with Gasteiger partial charge in [0.05, 0.1) is 0 Å². The van der Waals surface area contributed by atoms with Gasteiger partial charge in [-0.05, 0) is 98.9 Å². The van der Waals surface area contributed by atoms with E-state index in [9.17, 15) is 10.0 Å². The van der Waals surface area contributed by atoms with Gasteiger partial charge in [-0.3, -0.25) is 0 Å². The molecule has 3 nitrogen and oxygen atoms in total. The lowest BCUT2D eigenvalue weighted by molar-refractivity contribution is 0.378. The summed E-state index contributed by atoms with van der Waals surface area (Å²) in [6.07, 6.45) is 0. The van der Waals surface area contributed by atoms with Gasteiger partial charge >= 0.3 is 14.2 Å². The molecule has 0 aliphatic carbocycles. The van der Waals surface area contributed by atoms with Gasteiger partial charge in [-0.1, -0.05) is 12.1 Å². The molecule has 0 spiro atoms. The largest absolute Gasteiger partial charge is 0.477 e. The van der Waals surface area contributed by atoms with Crippen molar-refractivity contribution >= 4 is 88.9 Å². The Morgan fingerprint density at radius 3 is 1.38 bits per heavy atom. The van der Waals surface area contributed by atoms with E-state index in [1.807, 2.05) is 0 Å². The number of hydrogen-bond acceptors (Lipinski definition) is 3. The summed E-state index contributed by atoms with van der Waals surface area (Å²) in [7, 11) is -2.46. The van der Waals surface area contributed by atoms with Crippen molar-refractivity contribution in [3.63, 3.8) is 0 Å². The highest BCUT2D eigenvalue weighted by Crippen LogP contribution is 2.22. The molecule has 0 radical (unpaired) electrons. The topological polar surface area (TPSA) is 49.7 Å². The monoisotopic (exact) mass is 538 g/mol. The van der Waals surface area contributed by atoms with E-state index >= 15 is 0 Å². The van der Waals surface area contributed by atoms with Crippen molar-refractivity contribution in [1.82, 2.24) is 0 Å². The lowest BCUT2D eigenvalue weighted by atomic mass is 9.71. The summed E-state index contributed by atoms with van der Waals surface area (Å²) in [5.41, 5.74) is 1.08. The molecule has 0 heterocycles. The lowest BCUT2D eigenvalue weighted by Crippen LogP contribution is -2.45. The molecule has 2 N–H and O–H groups in total. The number of halogens is 4. The fourth-order valence-corrected chi connectivity index (χ4v) is 2.90. The van der Waals surface area contributed by atoms with Gasteiger partial charge in [0.15, 0.2) is 0 Å². The first-order valence-electron chi connectivity index (χ1n) is 5.80. The number of hydrogen-bond donors (Lipinski definition) is 2. The molecule has 0 saturated carbocycles. The molecule has 0 saturated heterocycles. The van der Waals surface area contributed by atoms with Gasteiger partial charge in [-0.15, -0.1) is 0 Å². The van der Waals surface area contributed by atoms with Crippen LogP contribution < -0.4 is 10.9 Å². The van der Waals surface area contributed by atoms with Crippen molar-refractivity contribution in [3.8, 4) is 0 Å². The van der Waals surface area contributed by atoms with Crippen LogP contribution in [0, 0.1) is 0 Å². The van der Waals surface area contributed by atoms with E-state index in [1.165, 1.54) is 0 Å². The third-order valence-corrected chi connectivity index (χ3v) is 6.47. The summed E-state index contributed by atoms with van der Waals surface area (Å²) in [4.78, 5) is 0. The molecule has 0 aliphatic rings. The number of rotatable bonds is 4. The molecule has 0 bridgehead atoms. The van der Waals surface area contributed by atoms with Crippen LogP contribution in [0.1, 0.15) is 0 Å². The predicted molar refractivity (Wildman–Crippen MR) is 100.0 cm³/mol. The van der Waals surface area contributed by atoms with Crippen LogP contribution in [0.25, 0.3) is 0 Å².